The van der Waals surface area contributed by atoms with Gasteiger partial charge in [-0.1, -0.05) is 12.1 Å². The standard InChI is InChI=1S/C17H27N3O/c1-3-14(10(2)18)15-19-16(20-21-15)17-7-11-4-12(8-17)6-13(5-11)9-17/h10-14H,3-9,18H2,1-2H3. The molecule has 4 aliphatic rings. The number of rotatable bonds is 4. The average molecular weight is 289 g/mol. The monoisotopic (exact) mass is 289 g/mol. The highest BCUT2D eigenvalue weighted by atomic mass is 16.5. The molecule has 0 aliphatic heterocycles. The molecule has 0 radical (unpaired) electrons. The molecule has 21 heavy (non-hydrogen) atoms. The van der Waals surface area contributed by atoms with Crippen molar-refractivity contribution in [1.82, 2.24) is 10.1 Å². The third-order valence-corrected chi connectivity index (χ3v) is 6.35. The van der Waals surface area contributed by atoms with E-state index in [9.17, 15) is 0 Å². The summed E-state index contributed by atoms with van der Waals surface area (Å²) >= 11 is 0. The van der Waals surface area contributed by atoms with Crippen LogP contribution >= 0.6 is 0 Å². The van der Waals surface area contributed by atoms with Gasteiger partial charge >= 0.3 is 0 Å². The van der Waals surface area contributed by atoms with Crippen LogP contribution in [-0.4, -0.2) is 16.2 Å². The summed E-state index contributed by atoms with van der Waals surface area (Å²) in [7, 11) is 0. The van der Waals surface area contributed by atoms with E-state index in [1.807, 2.05) is 6.92 Å². The first-order valence-corrected chi connectivity index (χ1v) is 8.69. The van der Waals surface area contributed by atoms with Gasteiger partial charge in [-0.3, -0.25) is 0 Å². The Balaban J connectivity index is 1.63. The van der Waals surface area contributed by atoms with Gasteiger partial charge in [0.05, 0.1) is 5.92 Å². The van der Waals surface area contributed by atoms with E-state index in [4.69, 9.17) is 15.2 Å². The fraction of sp³-hybridized carbons (Fsp3) is 0.882. The van der Waals surface area contributed by atoms with Gasteiger partial charge in [-0.2, -0.15) is 4.98 Å². The van der Waals surface area contributed by atoms with Crippen LogP contribution in [0.25, 0.3) is 0 Å². The molecular weight excluding hydrogens is 262 g/mol. The van der Waals surface area contributed by atoms with Crippen LogP contribution in [0.3, 0.4) is 0 Å². The fourth-order valence-corrected chi connectivity index (χ4v) is 5.76. The van der Waals surface area contributed by atoms with E-state index in [2.05, 4.69) is 12.1 Å². The molecule has 4 fully saturated rings. The summed E-state index contributed by atoms with van der Waals surface area (Å²) < 4.78 is 5.63. The second-order valence-corrected chi connectivity index (χ2v) is 8.03. The van der Waals surface area contributed by atoms with E-state index in [0.717, 1.165) is 35.9 Å². The predicted molar refractivity (Wildman–Crippen MR) is 80.8 cm³/mol. The maximum Gasteiger partial charge on any atom is 0.231 e. The van der Waals surface area contributed by atoms with Crippen LogP contribution in [0.2, 0.25) is 0 Å². The van der Waals surface area contributed by atoms with Gasteiger partial charge in [0.25, 0.3) is 0 Å². The van der Waals surface area contributed by atoms with Crippen molar-refractivity contribution in [3.63, 3.8) is 0 Å². The Kier molecular flexibility index (Phi) is 3.14. The third-order valence-electron chi connectivity index (χ3n) is 6.35. The average Bonchev–Trinajstić information content (AvgIpc) is 2.87. The minimum atomic E-state index is 0.0691. The van der Waals surface area contributed by atoms with Crippen LogP contribution in [0.1, 0.15) is 76.4 Å². The molecule has 0 aromatic carbocycles. The Morgan fingerprint density at radius 3 is 2.24 bits per heavy atom. The van der Waals surface area contributed by atoms with Crippen molar-refractivity contribution in [2.75, 3.05) is 0 Å². The van der Waals surface area contributed by atoms with Gasteiger partial charge in [0.1, 0.15) is 0 Å². The van der Waals surface area contributed by atoms with Gasteiger partial charge in [-0.15, -0.1) is 0 Å². The Hall–Kier alpha value is -0.900. The van der Waals surface area contributed by atoms with Gasteiger partial charge < -0.3 is 10.3 Å². The van der Waals surface area contributed by atoms with Crippen molar-refractivity contribution in [3.8, 4) is 0 Å². The van der Waals surface area contributed by atoms with Crippen LogP contribution in [-0.2, 0) is 5.41 Å². The predicted octanol–water partition coefficient (Wildman–Crippen LogP) is 3.38. The zero-order valence-corrected chi connectivity index (χ0v) is 13.2. The quantitative estimate of drug-likeness (QED) is 0.923. The molecule has 0 spiro atoms. The normalized spacial score (nSPS) is 40.4. The van der Waals surface area contributed by atoms with Crippen molar-refractivity contribution in [1.29, 1.82) is 0 Å². The molecule has 0 saturated heterocycles. The molecule has 1 aromatic rings. The van der Waals surface area contributed by atoms with Crippen LogP contribution in [0.4, 0.5) is 0 Å². The van der Waals surface area contributed by atoms with Gasteiger partial charge in [0.15, 0.2) is 5.82 Å². The van der Waals surface area contributed by atoms with Crippen molar-refractivity contribution in [2.24, 2.45) is 23.5 Å². The Morgan fingerprint density at radius 2 is 1.76 bits per heavy atom. The molecule has 4 saturated carbocycles. The Morgan fingerprint density at radius 1 is 1.19 bits per heavy atom. The summed E-state index contributed by atoms with van der Waals surface area (Å²) in [5.41, 5.74) is 6.30. The SMILES string of the molecule is CCC(c1nc(C23CC4CC(CC(C4)C2)C3)no1)C(C)N. The topological polar surface area (TPSA) is 64.9 Å². The third kappa shape index (κ3) is 2.14. The largest absolute Gasteiger partial charge is 0.339 e. The van der Waals surface area contributed by atoms with Crippen molar-refractivity contribution in [3.05, 3.63) is 11.7 Å². The number of hydrogen-bond donors (Lipinski definition) is 1. The maximum absolute atomic E-state index is 6.07. The first-order chi connectivity index (χ1) is 10.1. The van der Waals surface area contributed by atoms with Crippen LogP contribution < -0.4 is 5.73 Å². The lowest BCUT2D eigenvalue weighted by molar-refractivity contribution is -0.0103. The minimum absolute atomic E-state index is 0.0691. The van der Waals surface area contributed by atoms with Crippen LogP contribution in [0.15, 0.2) is 4.52 Å². The molecule has 0 amide bonds. The molecule has 2 unspecified atom stereocenters. The summed E-state index contributed by atoms with van der Waals surface area (Å²) in [5, 5.41) is 4.42. The number of nitrogens with zero attached hydrogens (tertiary/aromatic N) is 2. The molecule has 5 rings (SSSR count). The van der Waals surface area contributed by atoms with Crippen molar-refractivity contribution >= 4 is 0 Å². The summed E-state index contributed by atoms with van der Waals surface area (Å²) in [6.45, 7) is 4.17. The minimum Gasteiger partial charge on any atom is -0.339 e. The van der Waals surface area contributed by atoms with Crippen LogP contribution in [0, 0.1) is 17.8 Å². The molecule has 2 N–H and O–H groups in total. The lowest BCUT2D eigenvalue weighted by Gasteiger charge is -2.55. The van der Waals surface area contributed by atoms with E-state index >= 15 is 0 Å². The summed E-state index contributed by atoms with van der Waals surface area (Å²) in [6, 6.07) is 0.0691. The first kappa shape index (κ1) is 13.7. The second-order valence-electron chi connectivity index (χ2n) is 8.03. The summed E-state index contributed by atoms with van der Waals surface area (Å²) in [5.74, 6) is 4.69. The van der Waals surface area contributed by atoms with Gasteiger partial charge in [0, 0.05) is 11.5 Å². The molecule has 1 heterocycles. The number of aromatic nitrogens is 2. The molecular formula is C17H27N3O. The fourth-order valence-electron chi connectivity index (χ4n) is 5.76. The van der Waals surface area contributed by atoms with Gasteiger partial charge in [0.2, 0.25) is 5.89 Å². The van der Waals surface area contributed by atoms with Gasteiger partial charge in [-0.25, -0.2) is 0 Å². The molecule has 4 nitrogen and oxygen atoms in total. The second kappa shape index (κ2) is 4.80. The lowest BCUT2D eigenvalue weighted by atomic mass is 9.49. The van der Waals surface area contributed by atoms with E-state index < -0.39 is 0 Å². The maximum atomic E-state index is 6.07. The van der Waals surface area contributed by atoms with E-state index in [1.54, 1.807) is 0 Å². The Bertz CT molecular complexity index is 487. The lowest BCUT2D eigenvalue weighted by Crippen LogP contribution is -2.49. The molecule has 4 aliphatic carbocycles. The summed E-state index contributed by atoms with van der Waals surface area (Å²) in [4.78, 5) is 4.83. The smallest absolute Gasteiger partial charge is 0.231 e. The van der Waals surface area contributed by atoms with Gasteiger partial charge in [-0.05, 0) is 69.6 Å². The zero-order chi connectivity index (χ0) is 14.6. The Labute approximate surface area is 126 Å². The van der Waals surface area contributed by atoms with Crippen LogP contribution in [0.5, 0.6) is 0 Å². The highest BCUT2D eigenvalue weighted by Gasteiger charge is 2.53. The molecule has 4 bridgehead atoms. The first-order valence-electron chi connectivity index (χ1n) is 8.69. The van der Waals surface area contributed by atoms with Crippen molar-refractivity contribution < 1.29 is 4.52 Å². The highest BCUT2D eigenvalue weighted by molar-refractivity contribution is 5.17. The zero-order valence-electron chi connectivity index (χ0n) is 13.2. The number of hydrogen-bond acceptors (Lipinski definition) is 4. The van der Waals surface area contributed by atoms with E-state index in [-0.39, 0.29) is 17.4 Å². The molecule has 116 valence electrons. The van der Waals surface area contributed by atoms with Crippen molar-refractivity contribution in [2.45, 2.75) is 76.2 Å². The van der Waals surface area contributed by atoms with E-state index in [0.29, 0.717) is 0 Å². The van der Waals surface area contributed by atoms with E-state index in [1.165, 1.54) is 38.5 Å². The molecule has 2 atom stereocenters. The highest BCUT2D eigenvalue weighted by Crippen LogP contribution is 2.60. The number of nitrogens with two attached hydrogens (primary N) is 1. The molecule has 4 heteroatoms. The summed E-state index contributed by atoms with van der Waals surface area (Å²) in [6.07, 6.45) is 9.15. The molecule has 1 aromatic heterocycles.